The summed E-state index contributed by atoms with van der Waals surface area (Å²) in [5.41, 5.74) is 1.24. The largest absolute Gasteiger partial charge is 0.356 e. The van der Waals surface area contributed by atoms with E-state index in [1.165, 1.54) is 48.7 Å². The van der Waals surface area contributed by atoms with Crippen LogP contribution in [0.5, 0.6) is 0 Å². The Bertz CT molecular complexity index is 723. The van der Waals surface area contributed by atoms with E-state index in [0.717, 1.165) is 19.0 Å². The Morgan fingerprint density at radius 3 is 2.75 bits per heavy atom. The minimum absolute atomic E-state index is 0.188. The van der Waals surface area contributed by atoms with Crippen LogP contribution in [0.15, 0.2) is 42.5 Å². The van der Waals surface area contributed by atoms with Crippen LogP contribution in [-0.2, 0) is 11.2 Å². The molecule has 0 unspecified atom stereocenters. The summed E-state index contributed by atoms with van der Waals surface area (Å²) in [5, 5.41) is 5.65. The standard InChI is InChI=1S/C21H26N2O/c24-21(22-14-17-11-12-23(15-17)20-8-9-20)10-6-16-5-7-18-3-1-2-4-19(18)13-16/h1-5,7,13,17,20H,6,8-12,14-15H2,(H,22,24)/t17-/m1/s1. The Morgan fingerprint density at radius 1 is 1.08 bits per heavy atom. The summed E-state index contributed by atoms with van der Waals surface area (Å²) in [6, 6.07) is 15.7. The van der Waals surface area contributed by atoms with Crippen molar-refractivity contribution in [2.24, 2.45) is 5.92 Å². The number of likely N-dealkylation sites (tertiary alicyclic amines) is 1. The first-order chi connectivity index (χ1) is 11.8. The monoisotopic (exact) mass is 322 g/mol. The van der Waals surface area contributed by atoms with Crippen molar-refractivity contribution in [1.82, 2.24) is 10.2 Å². The molecule has 0 aromatic heterocycles. The fourth-order valence-corrected chi connectivity index (χ4v) is 3.80. The summed E-state index contributed by atoms with van der Waals surface area (Å²) in [4.78, 5) is 14.7. The molecule has 126 valence electrons. The highest BCUT2D eigenvalue weighted by Gasteiger charge is 2.34. The molecule has 1 N–H and O–H groups in total. The summed E-state index contributed by atoms with van der Waals surface area (Å²) in [6.07, 6.45) is 5.39. The number of carbonyl (C=O) groups is 1. The van der Waals surface area contributed by atoms with Crippen molar-refractivity contribution < 1.29 is 4.79 Å². The summed E-state index contributed by atoms with van der Waals surface area (Å²) in [5.74, 6) is 0.836. The van der Waals surface area contributed by atoms with Gasteiger partial charge in [-0.15, -0.1) is 0 Å². The van der Waals surface area contributed by atoms with Gasteiger partial charge in [0.25, 0.3) is 0 Å². The van der Waals surface area contributed by atoms with Crippen LogP contribution in [0.1, 0.15) is 31.2 Å². The third-order valence-corrected chi connectivity index (χ3v) is 5.42. The molecular weight excluding hydrogens is 296 g/mol. The van der Waals surface area contributed by atoms with E-state index in [2.05, 4.69) is 52.7 Å². The highest BCUT2D eigenvalue weighted by molar-refractivity contribution is 5.83. The molecule has 3 nitrogen and oxygen atoms in total. The average molecular weight is 322 g/mol. The summed E-state index contributed by atoms with van der Waals surface area (Å²) >= 11 is 0. The van der Waals surface area contributed by atoms with Gasteiger partial charge in [-0.25, -0.2) is 0 Å². The first-order valence-electron chi connectivity index (χ1n) is 9.26. The van der Waals surface area contributed by atoms with Crippen molar-refractivity contribution in [2.45, 2.75) is 38.1 Å². The molecule has 0 spiro atoms. The van der Waals surface area contributed by atoms with Crippen molar-refractivity contribution in [3.63, 3.8) is 0 Å². The van der Waals surface area contributed by atoms with Crippen molar-refractivity contribution in [3.8, 4) is 0 Å². The van der Waals surface area contributed by atoms with Gasteiger partial charge in [0, 0.05) is 25.6 Å². The van der Waals surface area contributed by atoms with Crippen LogP contribution in [0.4, 0.5) is 0 Å². The lowest BCUT2D eigenvalue weighted by molar-refractivity contribution is -0.121. The van der Waals surface area contributed by atoms with Crippen LogP contribution in [0.3, 0.4) is 0 Å². The van der Waals surface area contributed by atoms with Gasteiger partial charge < -0.3 is 10.2 Å². The Labute approximate surface area is 144 Å². The maximum atomic E-state index is 12.1. The summed E-state index contributed by atoms with van der Waals surface area (Å²) < 4.78 is 0. The number of hydrogen-bond donors (Lipinski definition) is 1. The SMILES string of the molecule is O=C(CCc1ccc2ccccc2c1)NC[C@H]1CCN(C2CC2)C1. The molecule has 24 heavy (non-hydrogen) atoms. The van der Waals surface area contributed by atoms with E-state index in [-0.39, 0.29) is 5.91 Å². The molecule has 1 amide bonds. The molecule has 1 saturated carbocycles. The smallest absolute Gasteiger partial charge is 0.220 e. The molecule has 2 aromatic rings. The molecule has 1 heterocycles. The van der Waals surface area contributed by atoms with Crippen LogP contribution < -0.4 is 5.32 Å². The van der Waals surface area contributed by atoms with Crippen molar-refractivity contribution >= 4 is 16.7 Å². The van der Waals surface area contributed by atoms with Crippen LogP contribution in [0.25, 0.3) is 10.8 Å². The quantitative estimate of drug-likeness (QED) is 0.884. The van der Waals surface area contributed by atoms with E-state index in [0.29, 0.717) is 12.3 Å². The number of nitrogens with one attached hydrogen (secondary N) is 1. The molecule has 1 aliphatic heterocycles. The fraction of sp³-hybridized carbons (Fsp3) is 0.476. The average Bonchev–Trinajstić information content (AvgIpc) is 3.36. The van der Waals surface area contributed by atoms with Crippen LogP contribution in [-0.4, -0.2) is 36.5 Å². The molecule has 1 aliphatic carbocycles. The predicted molar refractivity (Wildman–Crippen MR) is 98.0 cm³/mol. The molecule has 1 saturated heterocycles. The maximum Gasteiger partial charge on any atom is 0.220 e. The second-order valence-electron chi connectivity index (χ2n) is 7.37. The van der Waals surface area contributed by atoms with Crippen LogP contribution >= 0.6 is 0 Å². The lowest BCUT2D eigenvalue weighted by atomic mass is 10.0. The van der Waals surface area contributed by atoms with Gasteiger partial charge in [0.2, 0.25) is 5.91 Å². The van der Waals surface area contributed by atoms with Gasteiger partial charge in [-0.05, 0) is 54.5 Å². The molecule has 0 radical (unpaired) electrons. The Kier molecular flexibility index (Phi) is 4.52. The third-order valence-electron chi connectivity index (χ3n) is 5.42. The highest BCUT2D eigenvalue weighted by atomic mass is 16.1. The molecule has 0 bridgehead atoms. The Balaban J connectivity index is 1.22. The minimum Gasteiger partial charge on any atom is -0.356 e. The van der Waals surface area contributed by atoms with E-state index in [1.807, 2.05) is 0 Å². The van der Waals surface area contributed by atoms with Crippen molar-refractivity contribution in [2.75, 3.05) is 19.6 Å². The molecule has 2 aromatic carbocycles. The molecule has 3 heteroatoms. The van der Waals surface area contributed by atoms with E-state index in [1.54, 1.807) is 0 Å². The summed E-state index contributed by atoms with van der Waals surface area (Å²) in [7, 11) is 0. The normalized spacial score (nSPS) is 21.2. The number of fused-ring (bicyclic) bond motifs is 1. The van der Waals surface area contributed by atoms with E-state index in [4.69, 9.17) is 0 Å². The van der Waals surface area contributed by atoms with Gasteiger partial charge in [0.05, 0.1) is 0 Å². The zero-order valence-electron chi connectivity index (χ0n) is 14.2. The number of benzene rings is 2. The lowest BCUT2D eigenvalue weighted by Crippen LogP contribution is -2.31. The Hall–Kier alpha value is -1.87. The van der Waals surface area contributed by atoms with Crippen LogP contribution in [0.2, 0.25) is 0 Å². The van der Waals surface area contributed by atoms with E-state index < -0.39 is 0 Å². The predicted octanol–water partition coefficient (Wildman–Crippen LogP) is 3.37. The minimum atomic E-state index is 0.188. The zero-order valence-corrected chi connectivity index (χ0v) is 14.2. The molecule has 1 atom stereocenters. The topological polar surface area (TPSA) is 32.3 Å². The van der Waals surface area contributed by atoms with E-state index >= 15 is 0 Å². The first-order valence-corrected chi connectivity index (χ1v) is 9.26. The van der Waals surface area contributed by atoms with Crippen LogP contribution in [0, 0.1) is 5.92 Å². The molecule has 2 fully saturated rings. The third kappa shape index (κ3) is 3.78. The van der Waals surface area contributed by atoms with Gasteiger partial charge in [0.1, 0.15) is 0 Å². The van der Waals surface area contributed by atoms with Gasteiger partial charge in [-0.1, -0.05) is 42.5 Å². The number of amides is 1. The molecule has 4 rings (SSSR count). The number of nitrogens with zero attached hydrogens (tertiary/aromatic N) is 1. The highest BCUT2D eigenvalue weighted by Crippen LogP contribution is 2.31. The number of aryl methyl sites for hydroxylation is 1. The van der Waals surface area contributed by atoms with E-state index in [9.17, 15) is 4.79 Å². The van der Waals surface area contributed by atoms with Crippen molar-refractivity contribution in [3.05, 3.63) is 48.0 Å². The summed E-state index contributed by atoms with van der Waals surface area (Å²) in [6.45, 7) is 3.25. The number of hydrogen-bond acceptors (Lipinski definition) is 2. The van der Waals surface area contributed by atoms with Gasteiger partial charge >= 0.3 is 0 Å². The zero-order chi connectivity index (χ0) is 16.4. The van der Waals surface area contributed by atoms with Crippen molar-refractivity contribution in [1.29, 1.82) is 0 Å². The number of carbonyl (C=O) groups excluding carboxylic acids is 1. The Morgan fingerprint density at radius 2 is 1.92 bits per heavy atom. The fourth-order valence-electron chi connectivity index (χ4n) is 3.80. The maximum absolute atomic E-state index is 12.1. The molecule has 2 aliphatic rings. The lowest BCUT2D eigenvalue weighted by Gasteiger charge is -2.15. The second-order valence-corrected chi connectivity index (χ2v) is 7.37. The first kappa shape index (κ1) is 15.6. The second kappa shape index (κ2) is 6.94. The van der Waals surface area contributed by atoms with Gasteiger partial charge in [-0.3, -0.25) is 4.79 Å². The number of rotatable bonds is 6. The van der Waals surface area contributed by atoms with Gasteiger partial charge in [-0.2, -0.15) is 0 Å². The molecular formula is C21H26N2O. The van der Waals surface area contributed by atoms with Gasteiger partial charge in [0.15, 0.2) is 0 Å².